The van der Waals surface area contributed by atoms with E-state index in [0.717, 1.165) is 34.3 Å². The Labute approximate surface area is 134 Å². The highest BCUT2D eigenvalue weighted by atomic mass is 32.1. The van der Waals surface area contributed by atoms with Crippen molar-refractivity contribution in [1.82, 2.24) is 4.98 Å². The quantitative estimate of drug-likeness (QED) is 0.810. The van der Waals surface area contributed by atoms with E-state index in [0.29, 0.717) is 11.0 Å². The van der Waals surface area contributed by atoms with E-state index in [-0.39, 0.29) is 5.91 Å². The highest BCUT2D eigenvalue weighted by molar-refractivity contribution is 7.22. The topological polar surface area (TPSA) is 94.0 Å². The van der Waals surface area contributed by atoms with Gasteiger partial charge in [0, 0.05) is 5.69 Å². The third-order valence-corrected chi connectivity index (χ3v) is 5.26. The first-order chi connectivity index (χ1) is 10.5. The second-order valence-corrected chi connectivity index (χ2v) is 7.17. The van der Waals surface area contributed by atoms with Crippen LogP contribution in [0, 0.1) is 12.8 Å². The van der Waals surface area contributed by atoms with Gasteiger partial charge in [-0.3, -0.25) is 4.79 Å². The molecule has 0 bridgehead atoms. The number of nitrogens with two attached hydrogens (primary N) is 2. The van der Waals surface area contributed by atoms with Crippen molar-refractivity contribution in [2.45, 2.75) is 45.1 Å². The molecule has 1 saturated carbocycles. The lowest BCUT2D eigenvalue weighted by Gasteiger charge is -2.26. The Morgan fingerprint density at radius 1 is 1.36 bits per heavy atom. The predicted molar refractivity (Wildman–Crippen MR) is 91.9 cm³/mol. The molecule has 6 heteroatoms. The first-order valence-electron chi connectivity index (χ1n) is 7.77. The molecule has 1 aliphatic rings. The standard InChI is InChI=1S/C16H22N4OS/c1-9-7-11(8-12-14(9)20-16(18)22-12)19-15(21)13(17)10-5-3-2-4-6-10/h7-8,10,13H,2-6,17H2,1H3,(H2,18,20)(H,19,21)/t13-/m0/s1. The van der Waals surface area contributed by atoms with Crippen LogP contribution >= 0.6 is 11.3 Å². The summed E-state index contributed by atoms with van der Waals surface area (Å²) in [6.07, 6.45) is 5.72. The van der Waals surface area contributed by atoms with Gasteiger partial charge in [-0.15, -0.1) is 0 Å². The van der Waals surface area contributed by atoms with Gasteiger partial charge >= 0.3 is 0 Å². The normalized spacial score (nSPS) is 17.5. The number of aromatic nitrogens is 1. The molecule has 2 aromatic rings. The number of nitrogens with zero attached hydrogens (tertiary/aromatic N) is 1. The van der Waals surface area contributed by atoms with Gasteiger partial charge in [-0.2, -0.15) is 0 Å². The Morgan fingerprint density at radius 3 is 2.82 bits per heavy atom. The van der Waals surface area contributed by atoms with E-state index in [2.05, 4.69) is 10.3 Å². The summed E-state index contributed by atoms with van der Waals surface area (Å²) in [6.45, 7) is 1.97. The number of aryl methyl sites for hydroxylation is 1. The maximum absolute atomic E-state index is 12.4. The van der Waals surface area contributed by atoms with E-state index >= 15 is 0 Å². The molecule has 1 fully saturated rings. The molecule has 5 N–H and O–H groups in total. The number of amides is 1. The minimum Gasteiger partial charge on any atom is -0.375 e. The van der Waals surface area contributed by atoms with Gasteiger partial charge in [0.2, 0.25) is 5.91 Å². The average Bonchev–Trinajstić information content (AvgIpc) is 2.88. The number of rotatable bonds is 3. The number of nitrogens with one attached hydrogen (secondary N) is 1. The average molecular weight is 318 g/mol. The number of benzene rings is 1. The Balaban J connectivity index is 1.75. The fourth-order valence-corrected chi connectivity index (χ4v) is 4.07. The molecule has 1 aromatic carbocycles. The number of fused-ring (bicyclic) bond motifs is 1. The molecule has 1 amide bonds. The summed E-state index contributed by atoms with van der Waals surface area (Å²) in [5.41, 5.74) is 14.6. The molecule has 1 aliphatic carbocycles. The number of hydrogen-bond acceptors (Lipinski definition) is 5. The van der Waals surface area contributed by atoms with Gasteiger partial charge in [0.1, 0.15) is 0 Å². The van der Waals surface area contributed by atoms with Gasteiger partial charge in [-0.05, 0) is 43.4 Å². The molecule has 3 rings (SSSR count). The summed E-state index contributed by atoms with van der Waals surface area (Å²) in [7, 11) is 0. The van der Waals surface area contributed by atoms with Crippen molar-refractivity contribution in [2.24, 2.45) is 11.7 Å². The van der Waals surface area contributed by atoms with Crippen LogP contribution in [0.4, 0.5) is 10.8 Å². The minimum absolute atomic E-state index is 0.0943. The zero-order chi connectivity index (χ0) is 15.7. The number of carbonyl (C=O) groups is 1. The number of thiazole rings is 1. The van der Waals surface area contributed by atoms with Gasteiger partial charge in [-0.1, -0.05) is 30.6 Å². The Kier molecular flexibility index (Phi) is 4.31. The maximum atomic E-state index is 12.4. The lowest BCUT2D eigenvalue weighted by Crippen LogP contribution is -2.42. The van der Waals surface area contributed by atoms with Crippen LogP contribution in [0.15, 0.2) is 12.1 Å². The molecule has 5 nitrogen and oxygen atoms in total. The highest BCUT2D eigenvalue weighted by Gasteiger charge is 2.26. The van der Waals surface area contributed by atoms with E-state index in [1.165, 1.54) is 30.6 Å². The van der Waals surface area contributed by atoms with Crippen molar-refractivity contribution in [2.75, 3.05) is 11.1 Å². The largest absolute Gasteiger partial charge is 0.375 e. The van der Waals surface area contributed by atoms with E-state index in [1.54, 1.807) is 0 Å². The molecule has 22 heavy (non-hydrogen) atoms. The third-order valence-electron chi connectivity index (χ3n) is 4.43. The van der Waals surface area contributed by atoms with Crippen molar-refractivity contribution < 1.29 is 4.79 Å². The molecule has 0 saturated heterocycles. The molecule has 1 aromatic heterocycles. The van der Waals surface area contributed by atoms with Crippen LogP contribution in [0.1, 0.15) is 37.7 Å². The number of hydrogen-bond donors (Lipinski definition) is 3. The van der Waals surface area contributed by atoms with Gasteiger partial charge in [0.05, 0.1) is 16.3 Å². The fraction of sp³-hybridized carbons (Fsp3) is 0.500. The second-order valence-electron chi connectivity index (χ2n) is 6.11. The molecule has 0 aliphatic heterocycles. The lowest BCUT2D eigenvalue weighted by molar-refractivity contribution is -0.118. The molecule has 0 unspecified atom stereocenters. The summed E-state index contributed by atoms with van der Waals surface area (Å²) < 4.78 is 0.985. The maximum Gasteiger partial charge on any atom is 0.241 e. The van der Waals surface area contributed by atoms with E-state index in [4.69, 9.17) is 11.5 Å². The summed E-state index contributed by atoms with van der Waals surface area (Å²) in [6, 6.07) is 3.41. The van der Waals surface area contributed by atoms with Crippen LogP contribution in [0.25, 0.3) is 10.2 Å². The number of anilines is 2. The molecule has 1 heterocycles. The van der Waals surface area contributed by atoms with Crippen LogP contribution in [0.2, 0.25) is 0 Å². The monoisotopic (exact) mass is 318 g/mol. The zero-order valence-electron chi connectivity index (χ0n) is 12.8. The second kappa shape index (κ2) is 6.22. The third kappa shape index (κ3) is 3.08. The molecular formula is C16H22N4OS. The minimum atomic E-state index is -0.428. The summed E-state index contributed by atoms with van der Waals surface area (Å²) in [4.78, 5) is 16.7. The Hall–Kier alpha value is -1.66. The highest BCUT2D eigenvalue weighted by Crippen LogP contribution is 2.30. The summed E-state index contributed by atoms with van der Waals surface area (Å²) in [5, 5.41) is 3.50. The van der Waals surface area contributed by atoms with Gasteiger partial charge in [0.15, 0.2) is 5.13 Å². The van der Waals surface area contributed by atoms with Gasteiger partial charge < -0.3 is 16.8 Å². The van der Waals surface area contributed by atoms with Crippen molar-refractivity contribution in [3.05, 3.63) is 17.7 Å². The molecule has 0 radical (unpaired) electrons. The zero-order valence-corrected chi connectivity index (χ0v) is 13.6. The van der Waals surface area contributed by atoms with Crippen molar-refractivity contribution >= 4 is 38.3 Å². The SMILES string of the molecule is Cc1cc(NC(=O)[C@@H](N)C2CCCCC2)cc2sc(N)nc12. The molecule has 118 valence electrons. The first-order valence-corrected chi connectivity index (χ1v) is 8.59. The van der Waals surface area contributed by atoms with E-state index in [1.807, 2.05) is 19.1 Å². The van der Waals surface area contributed by atoms with Gasteiger partial charge in [0.25, 0.3) is 0 Å². The smallest absolute Gasteiger partial charge is 0.241 e. The van der Waals surface area contributed by atoms with Crippen molar-refractivity contribution in [3.8, 4) is 0 Å². The fourth-order valence-electron chi connectivity index (χ4n) is 3.22. The van der Waals surface area contributed by atoms with Crippen LogP contribution in [0.3, 0.4) is 0 Å². The molecule has 1 atom stereocenters. The first kappa shape index (κ1) is 15.2. The van der Waals surface area contributed by atoms with Crippen molar-refractivity contribution in [1.29, 1.82) is 0 Å². The Morgan fingerprint density at radius 2 is 2.09 bits per heavy atom. The number of carbonyl (C=O) groups excluding carboxylic acids is 1. The van der Waals surface area contributed by atoms with Crippen LogP contribution in [-0.2, 0) is 4.79 Å². The molecule has 0 spiro atoms. The lowest BCUT2D eigenvalue weighted by atomic mass is 9.84. The van der Waals surface area contributed by atoms with Crippen LogP contribution in [0.5, 0.6) is 0 Å². The van der Waals surface area contributed by atoms with Crippen LogP contribution < -0.4 is 16.8 Å². The van der Waals surface area contributed by atoms with Crippen molar-refractivity contribution in [3.63, 3.8) is 0 Å². The van der Waals surface area contributed by atoms with Gasteiger partial charge in [-0.25, -0.2) is 4.98 Å². The summed E-state index contributed by atoms with van der Waals surface area (Å²) >= 11 is 1.43. The van der Waals surface area contributed by atoms with Crippen LogP contribution in [-0.4, -0.2) is 16.9 Å². The van der Waals surface area contributed by atoms with E-state index in [9.17, 15) is 4.79 Å². The van der Waals surface area contributed by atoms with E-state index < -0.39 is 6.04 Å². The predicted octanol–water partition coefficient (Wildman–Crippen LogP) is 3.03. The molecular weight excluding hydrogens is 296 g/mol. The summed E-state index contributed by atoms with van der Waals surface area (Å²) in [5.74, 6) is 0.209. The Bertz CT molecular complexity index is 691. The number of nitrogen functional groups attached to an aromatic ring is 1.